The lowest BCUT2D eigenvalue weighted by molar-refractivity contribution is -0.111. The quantitative estimate of drug-likeness (QED) is 0.533. The van der Waals surface area contributed by atoms with Gasteiger partial charge in [-0.3, -0.25) is 10.1 Å². The van der Waals surface area contributed by atoms with Gasteiger partial charge in [0.15, 0.2) is 0 Å². The molecule has 32 heavy (non-hydrogen) atoms. The van der Waals surface area contributed by atoms with Crippen LogP contribution in [0.3, 0.4) is 0 Å². The van der Waals surface area contributed by atoms with Crippen LogP contribution in [0.25, 0.3) is 6.08 Å². The highest BCUT2D eigenvalue weighted by Gasteiger charge is 2.25. The monoisotopic (exact) mass is 470 g/mol. The molecule has 1 N–H and O–H groups in total. The number of anilines is 1. The molecule has 0 atom stereocenters. The van der Waals surface area contributed by atoms with Crippen LogP contribution in [-0.2, 0) is 26.0 Å². The van der Waals surface area contributed by atoms with Crippen LogP contribution in [0.5, 0.6) is 0 Å². The van der Waals surface area contributed by atoms with Crippen molar-refractivity contribution >= 4 is 38.5 Å². The third-order valence-electron chi connectivity index (χ3n) is 4.81. The van der Waals surface area contributed by atoms with Crippen LogP contribution in [0.2, 0.25) is 0 Å². The van der Waals surface area contributed by atoms with Crippen LogP contribution in [0.1, 0.15) is 16.1 Å². The maximum absolute atomic E-state index is 12.7. The molecule has 0 aliphatic carbocycles. The molecule has 1 amide bonds. The van der Waals surface area contributed by atoms with Crippen molar-refractivity contribution in [2.45, 2.75) is 11.3 Å². The number of sulfonamides is 1. The SMILES string of the molecule is O=C(C=Cc1ccc(S(=O)(=O)N2CCOCC2)cc1)Nc1nnc(Cc2ccccc2)s1. The second-order valence-corrected chi connectivity index (χ2v) is 10.1. The molecule has 0 unspecified atom stereocenters. The Morgan fingerprint density at radius 1 is 1.06 bits per heavy atom. The second-order valence-electron chi connectivity index (χ2n) is 7.07. The van der Waals surface area contributed by atoms with Crippen molar-refractivity contribution in [3.05, 3.63) is 76.8 Å². The van der Waals surface area contributed by atoms with Crippen molar-refractivity contribution in [3.63, 3.8) is 0 Å². The summed E-state index contributed by atoms with van der Waals surface area (Å²) in [6.07, 6.45) is 3.65. The first-order valence-corrected chi connectivity index (χ1v) is 12.3. The van der Waals surface area contributed by atoms with E-state index in [0.29, 0.717) is 43.4 Å². The number of ether oxygens (including phenoxy) is 1. The summed E-state index contributed by atoms with van der Waals surface area (Å²) in [5.74, 6) is -0.336. The molecule has 0 saturated carbocycles. The highest BCUT2D eigenvalue weighted by Crippen LogP contribution is 2.20. The number of benzene rings is 2. The number of aromatic nitrogens is 2. The fraction of sp³-hybridized carbons (Fsp3) is 0.227. The molecule has 2 heterocycles. The third-order valence-corrected chi connectivity index (χ3v) is 7.56. The number of hydrogen-bond acceptors (Lipinski definition) is 7. The van der Waals surface area contributed by atoms with E-state index >= 15 is 0 Å². The standard InChI is InChI=1S/C22H22N4O4S2/c27-20(23-22-25-24-21(31-22)16-18-4-2-1-3-5-18)11-8-17-6-9-19(10-7-17)32(28,29)26-12-14-30-15-13-26/h1-11H,12-16H2,(H,23,25,27). The van der Waals surface area contributed by atoms with E-state index in [0.717, 1.165) is 10.6 Å². The molecule has 2 aromatic carbocycles. The van der Waals surface area contributed by atoms with Gasteiger partial charge >= 0.3 is 0 Å². The Morgan fingerprint density at radius 3 is 2.50 bits per heavy atom. The summed E-state index contributed by atoms with van der Waals surface area (Å²) in [7, 11) is -3.54. The molecule has 0 radical (unpaired) electrons. The molecule has 4 rings (SSSR count). The van der Waals surface area contributed by atoms with E-state index in [1.807, 2.05) is 30.3 Å². The zero-order valence-corrected chi connectivity index (χ0v) is 18.8. The van der Waals surface area contributed by atoms with Gasteiger partial charge in [0.2, 0.25) is 21.1 Å². The van der Waals surface area contributed by atoms with Crippen LogP contribution < -0.4 is 5.32 Å². The van der Waals surface area contributed by atoms with Crippen LogP contribution in [-0.4, -0.2) is 55.1 Å². The number of hydrogen-bond donors (Lipinski definition) is 1. The van der Waals surface area contributed by atoms with Gasteiger partial charge in [0.1, 0.15) is 5.01 Å². The van der Waals surface area contributed by atoms with Gasteiger partial charge < -0.3 is 4.74 Å². The highest BCUT2D eigenvalue weighted by atomic mass is 32.2. The molecular formula is C22H22N4O4S2. The van der Waals surface area contributed by atoms with E-state index in [-0.39, 0.29) is 10.8 Å². The van der Waals surface area contributed by atoms with Crippen LogP contribution in [0.15, 0.2) is 65.6 Å². The van der Waals surface area contributed by atoms with Crippen molar-refractivity contribution in [2.24, 2.45) is 0 Å². The lowest BCUT2D eigenvalue weighted by Crippen LogP contribution is -2.40. The Labute approximate surface area is 190 Å². The number of nitrogens with one attached hydrogen (secondary N) is 1. The maximum atomic E-state index is 12.7. The van der Waals surface area contributed by atoms with E-state index in [1.54, 1.807) is 30.3 Å². The second kappa shape index (κ2) is 10.1. The topological polar surface area (TPSA) is 101 Å². The first-order valence-electron chi connectivity index (χ1n) is 10.0. The molecule has 1 saturated heterocycles. The van der Waals surface area contributed by atoms with Crippen molar-refractivity contribution in [1.29, 1.82) is 0 Å². The Kier molecular flexibility index (Phi) is 7.05. The summed E-state index contributed by atoms with van der Waals surface area (Å²) in [5, 5.41) is 12.1. The van der Waals surface area contributed by atoms with Crippen molar-refractivity contribution in [1.82, 2.24) is 14.5 Å². The molecule has 0 bridgehead atoms. The molecule has 1 aromatic heterocycles. The number of carbonyl (C=O) groups is 1. The van der Waals surface area contributed by atoms with Gasteiger partial charge in [-0.1, -0.05) is 53.8 Å². The van der Waals surface area contributed by atoms with Gasteiger partial charge in [-0.2, -0.15) is 4.31 Å². The van der Waals surface area contributed by atoms with Crippen LogP contribution in [0.4, 0.5) is 5.13 Å². The molecule has 3 aromatic rings. The number of nitrogens with zero attached hydrogens (tertiary/aromatic N) is 3. The molecule has 1 aliphatic heterocycles. The summed E-state index contributed by atoms with van der Waals surface area (Å²) >= 11 is 1.33. The molecule has 8 nitrogen and oxygen atoms in total. The van der Waals surface area contributed by atoms with Gasteiger partial charge in [-0.15, -0.1) is 10.2 Å². The first-order chi connectivity index (χ1) is 15.5. The summed E-state index contributed by atoms with van der Waals surface area (Å²) in [5.41, 5.74) is 1.84. The molecule has 1 fully saturated rings. The fourth-order valence-electron chi connectivity index (χ4n) is 3.15. The molecule has 0 spiro atoms. The van der Waals surface area contributed by atoms with E-state index in [9.17, 15) is 13.2 Å². The van der Waals surface area contributed by atoms with E-state index < -0.39 is 10.0 Å². The predicted octanol–water partition coefficient (Wildman–Crippen LogP) is 2.80. The smallest absolute Gasteiger partial charge is 0.250 e. The van der Waals surface area contributed by atoms with Crippen molar-refractivity contribution in [3.8, 4) is 0 Å². The number of morpholine rings is 1. The summed E-state index contributed by atoms with van der Waals surface area (Å²) < 4.78 is 32.0. The van der Waals surface area contributed by atoms with Crippen LogP contribution in [0, 0.1) is 0 Å². The van der Waals surface area contributed by atoms with Gasteiger partial charge in [0.05, 0.1) is 18.1 Å². The van der Waals surface area contributed by atoms with Gasteiger partial charge in [-0.05, 0) is 29.3 Å². The minimum Gasteiger partial charge on any atom is -0.379 e. The Balaban J connectivity index is 1.34. The van der Waals surface area contributed by atoms with Crippen molar-refractivity contribution in [2.75, 3.05) is 31.6 Å². The zero-order chi connectivity index (χ0) is 22.4. The first kappa shape index (κ1) is 22.3. The van der Waals surface area contributed by atoms with E-state index in [1.165, 1.54) is 21.7 Å². The van der Waals surface area contributed by atoms with E-state index in [4.69, 9.17) is 4.74 Å². The normalized spacial score (nSPS) is 15.1. The molecular weight excluding hydrogens is 448 g/mol. The zero-order valence-electron chi connectivity index (χ0n) is 17.2. The summed E-state index contributed by atoms with van der Waals surface area (Å²) in [6.45, 7) is 1.50. The van der Waals surface area contributed by atoms with Gasteiger partial charge in [0.25, 0.3) is 0 Å². The molecule has 166 valence electrons. The minimum absolute atomic E-state index is 0.223. The number of carbonyl (C=O) groups excluding carboxylic acids is 1. The Hall–Kier alpha value is -2.92. The highest BCUT2D eigenvalue weighted by molar-refractivity contribution is 7.89. The van der Waals surface area contributed by atoms with Crippen LogP contribution >= 0.6 is 11.3 Å². The predicted molar refractivity (Wildman–Crippen MR) is 123 cm³/mol. The maximum Gasteiger partial charge on any atom is 0.250 e. The van der Waals surface area contributed by atoms with Gasteiger partial charge in [0, 0.05) is 25.6 Å². The average Bonchev–Trinajstić information content (AvgIpc) is 3.25. The Bertz CT molecular complexity index is 1190. The van der Waals surface area contributed by atoms with E-state index in [2.05, 4.69) is 15.5 Å². The van der Waals surface area contributed by atoms with Gasteiger partial charge in [-0.25, -0.2) is 8.42 Å². The Morgan fingerprint density at radius 2 is 1.78 bits per heavy atom. The minimum atomic E-state index is -3.54. The molecule has 1 aliphatic rings. The number of rotatable bonds is 7. The number of amides is 1. The summed E-state index contributed by atoms with van der Waals surface area (Å²) in [6, 6.07) is 16.3. The summed E-state index contributed by atoms with van der Waals surface area (Å²) in [4.78, 5) is 12.4. The largest absolute Gasteiger partial charge is 0.379 e. The third kappa shape index (κ3) is 5.65. The average molecular weight is 471 g/mol. The lowest BCUT2D eigenvalue weighted by atomic mass is 10.2. The fourth-order valence-corrected chi connectivity index (χ4v) is 5.34. The lowest BCUT2D eigenvalue weighted by Gasteiger charge is -2.26. The molecule has 10 heteroatoms. The van der Waals surface area contributed by atoms with Crippen molar-refractivity contribution < 1.29 is 17.9 Å².